The van der Waals surface area contributed by atoms with E-state index in [1.165, 1.54) is 6.08 Å². The normalized spacial score (nSPS) is 10.2. The van der Waals surface area contributed by atoms with Crippen molar-refractivity contribution in [1.29, 1.82) is 0 Å². The van der Waals surface area contributed by atoms with Crippen LogP contribution < -0.4 is 5.32 Å². The maximum Gasteiger partial charge on any atom is 0.243 e. The molecule has 0 aliphatic heterocycles. The number of nitrogens with one attached hydrogen (secondary N) is 1. The molecule has 0 saturated heterocycles. The predicted octanol–water partition coefficient (Wildman–Crippen LogP) is 1.29. The molecule has 0 unspecified atom stereocenters. The van der Waals surface area contributed by atoms with Crippen molar-refractivity contribution in [3.8, 4) is 0 Å². The van der Waals surface area contributed by atoms with E-state index in [9.17, 15) is 4.79 Å². The van der Waals surface area contributed by atoms with Gasteiger partial charge in [0.15, 0.2) is 0 Å². The van der Waals surface area contributed by atoms with Gasteiger partial charge in [0.25, 0.3) is 0 Å². The molecule has 0 fully saturated rings. The summed E-state index contributed by atoms with van der Waals surface area (Å²) in [5, 5.41) is 2.72. The van der Waals surface area contributed by atoms with Crippen molar-refractivity contribution in [3.05, 3.63) is 19.1 Å². The third kappa shape index (κ3) is 5.35. The van der Waals surface area contributed by atoms with Crippen LogP contribution in [-0.2, 0) is 4.79 Å². The fourth-order valence-corrected chi connectivity index (χ4v) is 0.547. The monoisotopic (exact) mass is 140 g/mol. The van der Waals surface area contributed by atoms with Crippen LogP contribution in [0.1, 0.15) is 19.8 Å². The highest BCUT2D eigenvalue weighted by molar-refractivity contribution is 5.87. The summed E-state index contributed by atoms with van der Waals surface area (Å²) in [5.41, 5.74) is 0. The van der Waals surface area contributed by atoms with Crippen molar-refractivity contribution in [2.45, 2.75) is 19.8 Å². The first-order valence-corrected chi connectivity index (χ1v) is 3.51. The molecule has 0 aliphatic carbocycles. The van der Waals surface area contributed by atoms with Crippen LogP contribution in [0.2, 0.25) is 0 Å². The lowest BCUT2D eigenvalue weighted by molar-refractivity contribution is -0.116. The molecule has 1 amide bonds. The SMILES string of the molecule is [CH2]CCCNC(=O)C=CC. The van der Waals surface area contributed by atoms with Crippen LogP contribution in [0.25, 0.3) is 0 Å². The van der Waals surface area contributed by atoms with Gasteiger partial charge in [-0.05, 0) is 19.4 Å². The van der Waals surface area contributed by atoms with E-state index in [1.54, 1.807) is 6.08 Å². The van der Waals surface area contributed by atoms with Crippen LogP contribution in [0.15, 0.2) is 12.2 Å². The lowest BCUT2D eigenvalue weighted by Crippen LogP contribution is -2.21. The quantitative estimate of drug-likeness (QED) is 0.462. The van der Waals surface area contributed by atoms with E-state index in [1.807, 2.05) is 6.92 Å². The van der Waals surface area contributed by atoms with Gasteiger partial charge < -0.3 is 5.32 Å². The fraction of sp³-hybridized carbons (Fsp3) is 0.500. The molecule has 0 rings (SSSR count). The van der Waals surface area contributed by atoms with Crippen LogP contribution in [0.3, 0.4) is 0 Å². The van der Waals surface area contributed by atoms with Gasteiger partial charge in [-0.3, -0.25) is 4.79 Å². The summed E-state index contributed by atoms with van der Waals surface area (Å²) >= 11 is 0. The number of carbonyl (C=O) groups excluding carboxylic acids is 1. The van der Waals surface area contributed by atoms with Crippen LogP contribution in [0.4, 0.5) is 0 Å². The molecule has 57 valence electrons. The Bertz CT molecular complexity index is 118. The first kappa shape index (κ1) is 9.21. The molecule has 0 heterocycles. The second-order valence-electron chi connectivity index (χ2n) is 2.00. The number of carbonyl (C=O) groups is 1. The molecular weight excluding hydrogens is 126 g/mol. The number of amides is 1. The maximum absolute atomic E-state index is 10.7. The lowest BCUT2D eigenvalue weighted by atomic mass is 10.3. The van der Waals surface area contributed by atoms with E-state index < -0.39 is 0 Å². The Balaban J connectivity index is 3.22. The standard InChI is InChI=1S/C8H14NO/c1-3-5-7-9-8(10)6-4-2/h4,6H,1,3,5,7H2,2H3,(H,9,10). The zero-order valence-corrected chi connectivity index (χ0v) is 6.39. The van der Waals surface area contributed by atoms with Crippen molar-refractivity contribution in [2.75, 3.05) is 6.54 Å². The molecule has 0 aliphatic rings. The van der Waals surface area contributed by atoms with Crippen LogP contribution >= 0.6 is 0 Å². The molecule has 0 aromatic heterocycles. The van der Waals surface area contributed by atoms with Gasteiger partial charge in [-0.15, -0.1) is 0 Å². The van der Waals surface area contributed by atoms with Gasteiger partial charge in [-0.2, -0.15) is 0 Å². The number of rotatable bonds is 4. The molecule has 2 nitrogen and oxygen atoms in total. The Hall–Kier alpha value is -0.790. The Labute approximate surface area is 62.3 Å². The molecule has 2 heteroatoms. The maximum atomic E-state index is 10.7. The van der Waals surface area contributed by atoms with Crippen molar-refractivity contribution < 1.29 is 4.79 Å². The minimum Gasteiger partial charge on any atom is -0.353 e. The van der Waals surface area contributed by atoms with Crippen molar-refractivity contribution in [3.63, 3.8) is 0 Å². The van der Waals surface area contributed by atoms with Gasteiger partial charge in [0.05, 0.1) is 0 Å². The fourth-order valence-electron chi connectivity index (χ4n) is 0.547. The summed E-state index contributed by atoms with van der Waals surface area (Å²) in [4.78, 5) is 10.7. The second-order valence-corrected chi connectivity index (χ2v) is 2.00. The number of unbranched alkanes of at least 4 members (excludes halogenated alkanes) is 1. The molecule has 1 N–H and O–H groups in total. The molecule has 0 spiro atoms. The first-order valence-electron chi connectivity index (χ1n) is 3.51. The Kier molecular flexibility index (Phi) is 5.83. The summed E-state index contributed by atoms with van der Waals surface area (Å²) in [6.45, 7) is 6.21. The number of hydrogen-bond acceptors (Lipinski definition) is 1. The van der Waals surface area contributed by atoms with Gasteiger partial charge in [0.2, 0.25) is 5.91 Å². The van der Waals surface area contributed by atoms with E-state index >= 15 is 0 Å². The molecule has 0 atom stereocenters. The van der Waals surface area contributed by atoms with Crippen molar-refractivity contribution in [1.82, 2.24) is 5.32 Å². The average Bonchev–Trinajstić information content (AvgIpc) is 1.89. The molecule has 0 aromatic rings. The van der Waals surface area contributed by atoms with E-state index in [0.29, 0.717) is 0 Å². The zero-order valence-electron chi connectivity index (χ0n) is 6.39. The van der Waals surface area contributed by atoms with E-state index in [0.717, 1.165) is 19.4 Å². The predicted molar refractivity (Wildman–Crippen MR) is 42.4 cm³/mol. The summed E-state index contributed by atoms with van der Waals surface area (Å²) in [7, 11) is 0. The summed E-state index contributed by atoms with van der Waals surface area (Å²) < 4.78 is 0. The first-order chi connectivity index (χ1) is 4.81. The average molecular weight is 140 g/mol. The van der Waals surface area contributed by atoms with E-state index in [2.05, 4.69) is 12.2 Å². The topological polar surface area (TPSA) is 29.1 Å². The summed E-state index contributed by atoms with van der Waals surface area (Å²) in [6, 6.07) is 0. The van der Waals surface area contributed by atoms with Crippen molar-refractivity contribution in [2.24, 2.45) is 0 Å². The molecule has 10 heavy (non-hydrogen) atoms. The van der Waals surface area contributed by atoms with Gasteiger partial charge in [-0.25, -0.2) is 0 Å². The van der Waals surface area contributed by atoms with Gasteiger partial charge >= 0.3 is 0 Å². The third-order valence-corrected chi connectivity index (χ3v) is 1.04. The summed E-state index contributed by atoms with van der Waals surface area (Å²) in [6.07, 6.45) is 5.06. The lowest BCUT2D eigenvalue weighted by Gasteiger charge is -1.97. The highest BCUT2D eigenvalue weighted by atomic mass is 16.1. The molecule has 1 radical (unpaired) electrons. The highest BCUT2D eigenvalue weighted by Gasteiger charge is 1.90. The van der Waals surface area contributed by atoms with E-state index in [-0.39, 0.29) is 5.91 Å². The molecule has 0 bridgehead atoms. The highest BCUT2D eigenvalue weighted by Crippen LogP contribution is 1.81. The Morgan fingerprint density at radius 3 is 2.90 bits per heavy atom. The molecule has 0 saturated carbocycles. The van der Waals surface area contributed by atoms with Gasteiger partial charge in [0, 0.05) is 6.54 Å². The largest absolute Gasteiger partial charge is 0.353 e. The smallest absolute Gasteiger partial charge is 0.243 e. The van der Waals surface area contributed by atoms with Gasteiger partial charge in [-0.1, -0.05) is 19.4 Å². The minimum atomic E-state index is -0.0176. The second kappa shape index (κ2) is 6.33. The zero-order chi connectivity index (χ0) is 7.82. The Morgan fingerprint density at radius 1 is 1.70 bits per heavy atom. The summed E-state index contributed by atoms with van der Waals surface area (Å²) in [5.74, 6) is -0.0176. The van der Waals surface area contributed by atoms with Crippen LogP contribution in [0, 0.1) is 6.92 Å². The van der Waals surface area contributed by atoms with E-state index in [4.69, 9.17) is 0 Å². The third-order valence-electron chi connectivity index (χ3n) is 1.04. The minimum absolute atomic E-state index is 0.0176. The Morgan fingerprint density at radius 2 is 2.40 bits per heavy atom. The molecular formula is C8H14NO. The number of hydrogen-bond donors (Lipinski definition) is 1. The van der Waals surface area contributed by atoms with Crippen LogP contribution in [0.5, 0.6) is 0 Å². The number of allylic oxidation sites excluding steroid dienone is 1. The molecule has 0 aromatic carbocycles. The van der Waals surface area contributed by atoms with Crippen molar-refractivity contribution >= 4 is 5.91 Å². The van der Waals surface area contributed by atoms with Crippen LogP contribution in [-0.4, -0.2) is 12.5 Å². The van der Waals surface area contributed by atoms with Gasteiger partial charge in [0.1, 0.15) is 0 Å².